The summed E-state index contributed by atoms with van der Waals surface area (Å²) in [5.41, 5.74) is 13.9. The largest absolute Gasteiger partial charge is 0.459 e. The first-order chi connectivity index (χ1) is 18.7. The number of esters is 1. The lowest BCUT2D eigenvalue weighted by molar-refractivity contribution is -0.148. The zero-order valence-electron chi connectivity index (χ0n) is 22.7. The maximum absolute atomic E-state index is 13.4. The topological polar surface area (TPSA) is 158 Å². The molecule has 0 aliphatic heterocycles. The summed E-state index contributed by atoms with van der Waals surface area (Å²) in [5.74, 6) is -0.732. The number of nitrogens with zero attached hydrogens (tertiary/aromatic N) is 3. The number of guanidine groups is 1. The van der Waals surface area contributed by atoms with Crippen molar-refractivity contribution in [2.24, 2.45) is 22.4 Å². The monoisotopic (exact) mass is 531 g/mol. The standard InChI is InChI=1S/C29H37N7O3/c1-17(2)24(28(38)39-16-19-9-5-4-6-10-19)35-27(37)26-32-21-14-13-18(3)15-20(21)25(36-26)33-22-11-7-8-12-23(22)34-29(30)31/h4-6,9-10,13-15,17,22-24H,7-8,11-12,16H2,1-3H3,(H,35,37)(H4,30,31,34)(H,32,33,36)/t22?,23?,24-/m0/s1. The van der Waals surface area contributed by atoms with E-state index in [0.29, 0.717) is 11.3 Å². The second-order valence-electron chi connectivity index (χ2n) is 10.4. The molecule has 0 radical (unpaired) electrons. The molecule has 10 nitrogen and oxygen atoms in total. The Kier molecular flexibility index (Phi) is 8.96. The summed E-state index contributed by atoms with van der Waals surface area (Å²) in [7, 11) is 0. The van der Waals surface area contributed by atoms with Crippen LogP contribution in [0, 0.1) is 12.8 Å². The number of anilines is 1. The van der Waals surface area contributed by atoms with Crippen molar-refractivity contribution >= 4 is 34.6 Å². The van der Waals surface area contributed by atoms with Gasteiger partial charge in [-0.25, -0.2) is 19.8 Å². The highest BCUT2D eigenvalue weighted by molar-refractivity contribution is 5.98. The van der Waals surface area contributed by atoms with Crippen LogP contribution in [0.4, 0.5) is 5.82 Å². The third-order valence-corrected chi connectivity index (χ3v) is 6.85. The first-order valence-electron chi connectivity index (χ1n) is 13.4. The first-order valence-corrected chi connectivity index (χ1v) is 13.4. The van der Waals surface area contributed by atoms with Crippen LogP contribution in [0.15, 0.2) is 53.5 Å². The molecule has 0 bridgehead atoms. The lowest BCUT2D eigenvalue weighted by Crippen LogP contribution is -2.45. The van der Waals surface area contributed by atoms with Crippen molar-refractivity contribution in [2.45, 2.75) is 71.2 Å². The molecule has 1 heterocycles. The SMILES string of the molecule is Cc1ccc2nc(C(=O)N[C@H](C(=O)OCc3ccccc3)C(C)C)nc(NC3CCCCC3N=C(N)N)c2c1. The molecule has 1 aliphatic carbocycles. The number of hydrogen-bond acceptors (Lipinski definition) is 7. The quantitative estimate of drug-likeness (QED) is 0.186. The number of amides is 1. The van der Waals surface area contributed by atoms with E-state index in [1.54, 1.807) is 0 Å². The van der Waals surface area contributed by atoms with Gasteiger partial charge in [0.2, 0.25) is 5.82 Å². The Morgan fingerprint density at radius 2 is 1.82 bits per heavy atom. The first kappa shape index (κ1) is 27.8. The van der Waals surface area contributed by atoms with Crippen molar-refractivity contribution in [1.29, 1.82) is 0 Å². The maximum atomic E-state index is 13.4. The number of aromatic nitrogens is 2. The molecule has 0 spiro atoms. The Morgan fingerprint density at radius 1 is 1.08 bits per heavy atom. The van der Waals surface area contributed by atoms with Gasteiger partial charge in [0.25, 0.3) is 5.91 Å². The molecule has 3 atom stereocenters. The molecule has 1 aromatic heterocycles. The Hall–Kier alpha value is -4.21. The minimum absolute atomic E-state index is 0.0374. The van der Waals surface area contributed by atoms with Crippen LogP contribution >= 0.6 is 0 Å². The van der Waals surface area contributed by atoms with Crippen LogP contribution in [0.25, 0.3) is 10.9 Å². The number of hydrogen-bond donors (Lipinski definition) is 4. The lowest BCUT2D eigenvalue weighted by atomic mass is 9.90. The summed E-state index contributed by atoms with van der Waals surface area (Å²) >= 11 is 0. The van der Waals surface area contributed by atoms with Crippen molar-refractivity contribution in [3.63, 3.8) is 0 Å². The minimum Gasteiger partial charge on any atom is -0.459 e. The van der Waals surface area contributed by atoms with Gasteiger partial charge in [0, 0.05) is 5.39 Å². The van der Waals surface area contributed by atoms with E-state index in [0.717, 1.165) is 42.2 Å². The molecule has 2 unspecified atom stereocenters. The molecule has 2 aromatic carbocycles. The van der Waals surface area contributed by atoms with E-state index in [-0.39, 0.29) is 36.4 Å². The van der Waals surface area contributed by atoms with E-state index in [1.165, 1.54) is 0 Å². The predicted octanol–water partition coefficient (Wildman–Crippen LogP) is 3.43. The number of aliphatic imine (C=N–C) groups is 1. The number of ether oxygens (including phenoxy) is 1. The van der Waals surface area contributed by atoms with E-state index in [4.69, 9.17) is 16.2 Å². The van der Waals surface area contributed by atoms with Gasteiger partial charge in [0.05, 0.1) is 17.6 Å². The van der Waals surface area contributed by atoms with Crippen LogP contribution in [0.3, 0.4) is 0 Å². The zero-order chi connectivity index (χ0) is 27.9. The van der Waals surface area contributed by atoms with E-state index in [9.17, 15) is 9.59 Å². The average Bonchev–Trinajstić information content (AvgIpc) is 2.91. The van der Waals surface area contributed by atoms with Gasteiger partial charge in [-0.2, -0.15) is 0 Å². The number of nitrogens with two attached hydrogens (primary N) is 2. The third-order valence-electron chi connectivity index (χ3n) is 6.85. The van der Waals surface area contributed by atoms with Crippen LogP contribution < -0.4 is 22.1 Å². The number of fused-ring (bicyclic) bond motifs is 1. The third kappa shape index (κ3) is 7.22. The molecule has 39 heavy (non-hydrogen) atoms. The minimum atomic E-state index is -0.862. The molecule has 1 fully saturated rings. The molecule has 0 saturated heterocycles. The van der Waals surface area contributed by atoms with Crippen LogP contribution in [-0.2, 0) is 16.1 Å². The molecule has 1 saturated carbocycles. The summed E-state index contributed by atoms with van der Waals surface area (Å²) in [5, 5.41) is 7.08. The Balaban J connectivity index is 1.58. The summed E-state index contributed by atoms with van der Waals surface area (Å²) in [6, 6.07) is 14.2. The number of carbonyl (C=O) groups excluding carboxylic acids is 2. The van der Waals surface area contributed by atoms with Gasteiger partial charge >= 0.3 is 5.97 Å². The van der Waals surface area contributed by atoms with Gasteiger partial charge in [0.15, 0.2) is 5.96 Å². The smallest absolute Gasteiger partial charge is 0.329 e. The molecular formula is C29H37N7O3. The Bertz CT molecular complexity index is 1340. The van der Waals surface area contributed by atoms with Gasteiger partial charge in [-0.05, 0) is 43.4 Å². The molecule has 1 aliphatic rings. The second kappa shape index (κ2) is 12.6. The van der Waals surface area contributed by atoms with Crippen molar-refractivity contribution in [3.05, 3.63) is 65.5 Å². The molecule has 1 amide bonds. The summed E-state index contributed by atoms with van der Waals surface area (Å²) in [4.78, 5) is 39.8. The highest BCUT2D eigenvalue weighted by Gasteiger charge is 2.29. The Morgan fingerprint density at radius 3 is 2.54 bits per heavy atom. The lowest BCUT2D eigenvalue weighted by Gasteiger charge is -2.30. The van der Waals surface area contributed by atoms with E-state index in [1.807, 2.05) is 69.3 Å². The number of rotatable bonds is 9. The van der Waals surface area contributed by atoms with Gasteiger partial charge in [-0.1, -0.05) is 68.7 Å². The van der Waals surface area contributed by atoms with Crippen molar-refractivity contribution in [1.82, 2.24) is 15.3 Å². The fourth-order valence-electron chi connectivity index (χ4n) is 4.78. The zero-order valence-corrected chi connectivity index (χ0v) is 22.7. The normalized spacial score (nSPS) is 17.8. The molecule has 6 N–H and O–H groups in total. The Labute approximate surface area is 228 Å². The predicted molar refractivity (Wildman–Crippen MR) is 152 cm³/mol. The molecule has 3 aromatic rings. The molecular weight excluding hydrogens is 494 g/mol. The molecule has 206 valence electrons. The van der Waals surface area contributed by atoms with E-state index < -0.39 is 17.9 Å². The fraction of sp³-hybridized carbons (Fsp3) is 0.414. The number of carbonyl (C=O) groups is 2. The van der Waals surface area contributed by atoms with Crippen molar-refractivity contribution < 1.29 is 14.3 Å². The fourth-order valence-corrected chi connectivity index (χ4v) is 4.78. The van der Waals surface area contributed by atoms with Gasteiger partial charge < -0.3 is 26.8 Å². The van der Waals surface area contributed by atoms with Crippen molar-refractivity contribution in [3.8, 4) is 0 Å². The maximum Gasteiger partial charge on any atom is 0.329 e. The molecule has 4 rings (SSSR count). The number of nitrogens with one attached hydrogen (secondary N) is 2. The molecule has 10 heteroatoms. The number of aryl methyl sites for hydroxylation is 1. The van der Waals surface area contributed by atoms with Gasteiger partial charge in [-0.15, -0.1) is 0 Å². The average molecular weight is 532 g/mol. The van der Waals surface area contributed by atoms with Gasteiger partial charge in [0.1, 0.15) is 18.5 Å². The highest BCUT2D eigenvalue weighted by Crippen LogP contribution is 2.28. The van der Waals surface area contributed by atoms with Gasteiger partial charge in [-0.3, -0.25) is 4.79 Å². The van der Waals surface area contributed by atoms with E-state index >= 15 is 0 Å². The summed E-state index contributed by atoms with van der Waals surface area (Å²) in [6.45, 7) is 5.80. The van der Waals surface area contributed by atoms with Crippen LogP contribution in [-0.4, -0.2) is 45.9 Å². The van der Waals surface area contributed by atoms with E-state index in [2.05, 4.69) is 25.6 Å². The summed E-state index contributed by atoms with van der Waals surface area (Å²) < 4.78 is 5.50. The van der Waals surface area contributed by atoms with Crippen molar-refractivity contribution in [2.75, 3.05) is 5.32 Å². The summed E-state index contributed by atoms with van der Waals surface area (Å²) in [6.07, 6.45) is 3.79. The second-order valence-corrected chi connectivity index (χ2v) is 10.4. The van der Waals surface area contributed by atoms with Crippen LogP contribution in [0.2, 0.25) is 0 Å². The van der Waals surface area contributed by atoms with Crippen LogP contribution in [0.1, 0.15) is 61.3 Å². The number of benzene rings is 2. The van der Waals surface area contributed by atoms with Crippen LogP contribution in [0.5, 0.6) is 0 Å². The highest BCUT2D eigenvalue weighted by atomic mass is 16.5.